The summed E-state index contributed by atoms with van der Waals surface area (Å²) in [6.07, 6.45) is 1.92. The molecule has 110 valence electrons. The normalized spacial score (nSPS) is 13.3. The Bertz CT molecular complexity index is 936. The molecule has 0 aliphatic carbocycles. The summed E-state index contributed by atoms with van der Waals surface area (Å²) in [5, 5.41) is 0. The lowest BCUT2D eigenvalue weighted by Crippen LogP contribution is -2.30. The van der Waals surface area contributed by atoms with Gasteiger partial charge in [-0.3, -0.25) is 0 Å². The van der Waals surface area contributed by atoms with E-state index in [-0.39, 0.29) is 5.82 Å². The number of rotatable bonds is 2. The first-order chi connectivity index (χ1) is 11.8. The first kappa shape index (κ1) is 11.0. The van der Waals surface area contributed by atoms with E-state index in [1.807, 2.05) is 42.1 Å². The Hall–Kier alpha value is -2.62. The lowest BCUT2D eigenvalue weighted by Gasteiger charge is -2.07. The van der Waals surface area contributed by atoms with E-state index < -0.39 is 6.85 Å². The van der Waals surface area contributed by atoms with E-state index in [1.54, 1.807) is 6.92 Å². The summed E-state index contributed by atoms with van der Waals surface area (Å²) in [6, 6.07) is 12.0. The molecule has 0 aliphatic rings. The van der Waals surface area contributed by atoms with E-state index in [0.29, 0.717) is 11.6 Å². The van der Waals surface area contributed by atoms with Crippen molar-refractivity contribution in [2.24, 2.45) is 7.05 Å². The third-order valence-electron chi connectivity index (χ3n) is 3.58. The second-order valence-corrected chi connectivity index (χ2v) is 5.26. The molecular weight excluding hydrogens is 272 g/mol. The van der Waals surface area contributed by atoms with Crippen molar-refractivity contribution in [2.45, 2.75) is 20.7 Å². The number of aryl methyl sites for hydroxylation is 4. The van der Waals surface area contributed by atoms with E-state index in [2.05, 4.69) is 34.0 Å². The number of aromatic nitrogens is 4. The van der Waals surface area contributed by atoms with Gasteiger partial charge in [0.25, 0.3) is 0 Å². The highest BCUT2D eigenvalue weighted by atomic mass is 15.0. The standard InChI is InChI=1S/C18H19N4/c1-12-7-5-6-8-16(12)17-11-15(9-10-22(17)4)18-20-13(2)19-14(3)21-18/h5-11H,1-4H3/q+1/i2D3. The van der Waals surface area contributed by atoms with Gasteiger partial charge < -0.3 is 0 Å². The Kier molecular flexibility index (Phi) is 2.82. The predicted molar refractivity (Wildman–Crippen MR) is 86.1 cm³/mol. The lowest BCUT2D eigenvalue weighted by molar-refractivity contribution is -0.660. The van der Waals surface area contributed by atoms with Crippen LogP contribution in [0.1, 0.15) is 21.3 Å². The zero-order chi connectivity index (χ0) is 18.2. The number of pyridine rings is 1. The molecule has 0 N–H and O–H groups in total. The van der Waals surface area contributed by atoms with Crippen LogP contribution in [0.5, 0.6) is 0 Å². The van der Waals surface area contributed by atoms with Crippen LogP contribution in [-0.2, 0) is 7.05 Å². The topological polar surface area (TPSA) is 42.5 Å². The van der Waals surface area contributed by atoms with Gasteiger partial charge in [-0.15, -0.1) is 0 Å². The number of hydrogen-bond acceptors (Lipinski definition) is 3. The number of nitrogens with zero attached hydrogens (tertiary/aromatic N) is 4. The maximum Gasteiger partial charge on any atom is 0.213 e. The van der Waals surface area contributed by atoms with Crippen LogP contribution in [-0.4, -0.2) is 15.0 Å². The Morgan fingerprint density at radius 1 is 1.00 bits per heavy atom. The van der Waals surface area contributed by atoms with Gasteiger partial charge in [0.15, 0.2) is 12.0 Å². The Labute approximate surface area is 134 Å². The van der Waals surface area contributed by atoms with Gasteiger partial charge in [0.1, 0.15) is 18.7 Å². The molecule has 0 radical (unpaired) electrons. The smallest absolute Gasteiger partial charge is 0.213 e. The van der Waals surface area contributed by atoms with E-state index >= 15 is 0 Å². The molecule has 0 saturated carbocycles. The molecule has 0 amide bonds. The van der Waals surface area contributed by atoms with Crippen LogP contribution in [0.2, 0.25) is 0 Å². The molecule has 0 spiro atoms. The molecule has 0 unspecified atom stereocenters. The van der Waals surface area contributed by atoms with Gasteiger partial charge in [-0.25, -0.2) is 19.5 Å². The van der Waals surface area contributed by atoms with Gasteiger partial charge in [0.2, 0.25) is 5.69 Å². The quantitative estimate of drug-likeness (QED) is 0.682. The molecule has 4 heteroatoms. The van der Waals surface area contributed by atoms with Crippen LogP contribution in [0.4, 0.5) is 0 Å². The highest BCUT2D eigenvalue weighted by molar-refractivity contribution is 5.66. The fourth-order valence-corrected chi connectivity index (χ4v) is 2.45. The number of benzene rings is 1. The third kappa shape index (κ3) is 2.72. The molecule has 0 bridgehead atoms. The van der Waals surface area contributed by atoms with Crippen LogP contribution < -0.4 is 4.57 Å². The lowest BCUT2D eigenvalue weighted by atomic mass is 10.0. The van der Waals surface area contributed by atoms with Crippen molar-refractivity contribution in [1.82, 2.24) is 15.0 Å². The minimum absolute atomic E-state index is 0.180. The highest BCUT2D eigenvalue weighted by Crippen LogP contribution is 2.23. The summed E-state index contributed by atoms with van der Waals surface area (Å²) >= 11 is 0. The summed E-state index contributed by atoms with van der Waals surface area (Å²) in [5.41, 5.74) is 4.02. The highest BCUT2D eigenvalue weighted by Gasteiger charge is 2.15. The van der Waals surface area contributed by atoms with Crippen molar-refractivity contribution >= 4 is 0 Å². The molecule has 3 rings (SSSR count). The van der Waals surface area contributed by atoms with Crippen molar-refractivity contribution in [3.8, 4) is 22.6 Å². The molecule has 4 nitrogen and oxygen atoms in total. The van der Waals surface area contributed by atoms with Gasteiger partial charge in [-0.05, 0) is 32.3 Å². The van der Waals surface area contributed by atoms with Crippen molar-refractivity contribution in [3.05, 3.63) is 59.8 Å². The van der Waals surface area contributed by atoms with Gasteiger partial charge in [0.05, 0.1) is 0 Å². The van der Waals surface area contributed by atoms with Crippen LogP contribution in [0, 0.1) is 20.7 Å². The Balaban J connectivity index is 2.16. The first-order valence-corrected chi connectivity index (χ1v) is 7.05. The molecule has 0 aliphatic heterocycles. The minimum atomic E-state index is -2.36. The second kappa shape index (κ2) is 5.64. The maximum absolute atomic E-state index is 7.54. The predicted octanol–water partition coefficient (Wildman–Crippen LogP) is 2.96. The van der Waals surface area contributed by atoms with Crippen LogP contribution in [0.15, 0.2) is 42.6 Å². The average molecular weight is 294 g/mol. The third-order valence-corrected chi connectivity index (χ3v) is 3.58. The van der Waals surface area contributed by atoms with Gasteiger partial charge in [0, 0.05) is 27.4 Å². The average Bonchev–Trinajstić information content (AvgIpc) is 2.55. The van der Waals surface area contributed by atoms with Crippen molar-refractivity contribution in [2.75, 3.05) is 0 Å². The van der Waals surface area contributed by atoms with Crippen molar-refractivity contribution in [3.63, 3.8) is 0 Å². The van der Waals surface area contributed by atoms with E-state index in [1.165, 1.54) is 0 Å². The fraction of sp³-hybridized carbons (Fsp3) is 0.222. The monoisotopic (exact) mass is 294 g/mol. The SMILES string of the molecule is [2H]C([2H])([2H])c1nc(C)nc(-c2cc[n+](C)c(-c3ccccc3C)c2)n1. The van der Waals surface area contributed by atoms with Crippen LogP contribution >= 0.6 is 0 Å². The molecule has 0 atom stereocenters. The van der Waals surface area contributed by atoms with Gasteiger partial charge in [-0.2, -0.15) is 0 Å². The van der Waals surface area contributed by atoms with Crippen LogP contribution in [0.3, 0.4) is 0 Å². The molecule has 2 aromatic heterocycles. The molecule has 2 heterocycles. The molecule has 3 aromatic rings. The zero-order valence-electron chi connectivity index (χ0n) is 15.8. The van der Waals surface area contributed by atoms with Crippen molar-refractivity contribution < 1.29 is 8.68 Å². The Morgan fingerprint density at radius 3 is 2.55 bits per heavy atom. The number of hydrogen-bond donors (Lipinski definition) is 0. The maximum atomic E-state index is 7.54. The Morgan fingerprint density at radius 2 is 1.77 bits per heavy atom. The summed E-state index contributed by atoms with van der Waals surface area (Å²) in [5.74, 6) is 0.580. The van der Waals surface area contributed by atoms with Crippen LogP contribution in [0.25, 0.3) is 22.6 Å². The largest absolute Gasteiger partial charge is 0.219 e. The minimum Gasteiger partial charge on any atom is -0.219 e. The molecule has 22 heavy (non-hydrogen) atoms. The van der Waals surface area contributed by atoms with Gasteiger partial charge >= 0.3 is 0 Å². The van der Waals surface area contributed by atoms with E-state index in [0.717, 1.165) is 22.4 Å². The summed E-state index contributed by atoms with van der Waals surface area (Å²) in [7, 11) is 1.97. The molecule has 1 aromatic carbocycles. The van der Waals surface area contributed by atoms with E-state index in [9.17, 15) is 0 Å². The second-order valence-electron chi connectivity index (χ2n) is 5.26. The van der Waals surface area contributed by atoms with Crippen molar-refractivity contribution in [1.29, 1.82) is 0 Å². The summed E-state index contributed by atoms with van der Waals surface area (Å²) < 4.78 is 24.7. The van der Waals surface area contributed by atoms with E-state index in [4.69, 9.17) is 4.11 Å². The zero-order valence-corrected chi connectivity index (χ0v) is 12.8. The first-order valence-electron chi connectivity index (χ1n) is 8.55. The molecule has 0 fully saturated rings. The molecule has 0 saturated heterocycles. The molecular formula is C18H19N4+. The van der Waals surface area contributed by atoms with Gasteiger partial charge in [-0.1, -0.05) is 18.2 Å². The summed E-state index contributed by atoms with van der Waals surface area (Å²) in [6.45, 7) is 1.37. The summed E-state index contributed by atoms with van der Waals surface area (Å²) in [4.78, 5) is 12.4. The fourth-order valence-electron chi connectivity index (χ4n) is 2.45.